The van der Waals surface area contributed by atoms with Gasteiger partial charge in [-0.15, -0.1) is 0 Å². The summed E-state index contributed by atoms with van der Waals surface area (Å²) in [5.41, 5.74) is 8.34. The van der Waals surface area contributed by atoms with Crippen LogP contribution in [0.1, 0.15) is 11.6 Å². The van der Waals surface area contributed by atoms with Gasteiger partial charge in [-0.3, -0.25) is 0 Å². The standard InChI is InChI=1S/C13H14N4O2/c1-7-3-8-4-11(18-2)9(5-10(8)15-7)13-16-12(6-14)19-17-13/h3-5,15H,6,14H2,1-2H3. The van der Waals surface area contributed by atoms with Gasteiger partial charge in [-0.2, -0.15) is 4.98 Å². The fourth-order valence-electron chi connectivity index (χ4n) is 2.10. The normalized spacial score (nSPS) is 11.1. The molecule has 0 atom stereocenters. The van der Waals surface area contributed by atoms with Gasteiger partial charge in [0, 0.05) is 16.6 Å². The zero-order valence-corrected chi connectivity index (χ0v) is 10.7. The zero-order chi connectivity index (χ0) is 13.4. The molecule has 0 unspecified atom stereocenters. The Balaban J connectivity index is 2.20. The highest BCUT2D eigenvalue weighted by molar-refractivity contribution is 5.88. The van der Waals surface area contributed by atoms with Crippen molar-refractivity contribution in [2.75, 3.05) is 7.11 Å². The molecule has 2 aromatic heterocycles. The molecule has 0 amide bonds. The maximum atomic E-state index is 5.47. The van der Waals surface area contributed by atoms with Crippen LogP contribution in [0.5, 0.6) is 5.75 Å². The predicted octanol–water partition coefficient (Wildman–Crippen LogP) is 1.99. The number of nitrogens with one attached hydrogen (secondary N) is 1. The summed E-state index contributed by atoms with van der Waals surface area (Å²) >= 11 is 0. The number of nitrogens with zero attached hydrogens (tertiary/aromatic N) is 2. The predicted molar refractivity (Wildman–Crippen MR) is 70.8 cm³/mol. The average Bonchev–Trinajstić information content (AvgIpc) is 3.01. The van der Waals surface area contributed by atoms with Gasteiger partial charge in [0.05, 0.1) is 19.2 Å². The minimum Gasteiger partial charge on any atom is -0.496 e. The Morgan fingerprint density at radius 2 is 2.21 bits per heavy atom. The Morgan fingerprint density at radius 3 is 2.89 bits per heavy atom. The molecule has 0 saturated carbocycles. The van der Waals surface area contributed by atoms with Gasteiger partial charge in [-0.05, 0) is 25.1 Å². The first-order valence-corrected chi connectivity index (χ1v) is 5.91. The monoisotopic (exact) mass is 258 g/mol. The molecule has 0 aliphatic heterocycles. The van der Waals surface area contributed by atoms with Gasteiger partial charge in [0.2, 0.25) is 11.7 Å². The molecule has 3 aromatic rings. The van der Waals surface area contributed by atoms with Crippen molar-refractivity contribution >= 4 is 10.9 Å². The number of hydrogen-bond donors (Lipinski definition) is 2. The second-order valence-corrected chi connectivity index (χ2v) is 4.31. The molecule has 0 fully saturated rings. The minimum absolute atomic E-state index is 0.221. The number of aryl methyl sites for hydroxylation is 1. The third-order valence-electron chi connectivity index (χ3n) is 2.96. The molecule has 0 aliphatic carbocycles. The molecule has 6 heteroatoms. The largest absolute Gasteiger partial charge is 0.496 e. The van der Waals surface area contributed by atoms with Crippen molar-refractivity contribution in [3.8, 4) is 17.1 Å². The Hall–Kier alpha value is -2.34. The van der Waals surface area contributed by atoms with Crippen LogP contribution in [0, 0.1) is 6.92 Å². The molecule has 0 saturated heterocycles. The van der Waals surface area contributed by atoms with Crippen LogP contribution in [0.25, 0.3) is 22.3 Å². The van der Waals surface area contributed by atoms with Crippen molar-refractivity contribution in [3.63, 3.8) is 0 Å². The van der Waals surface area contributed by atoms with Gasteiger partial charge < -0.3 is 20.0 Å². The number of benzene rings is 1. The van der Waals surface area contributed by atoms with Crippen molar-refractivity contribution in [3.05, 3.63) is 29.8 Å². The fraction of sp³-hybridized carbons (Fsp3) is 0.231. The molecule has 2 heterocycles. The average molecular weight is 258 g/mol. The first kappa shape index (κ1) is 11.7. The molecule has 0 aliphatic rings. The lowest BCUT2D eigenvalue weighted by molar-refractivity contribution is 0.380. The molecule has 98 valence electrons. The van der Waals surface area contributed by atoms with Crippen LogP contribution in [0.15, 0.2) is 22.7 Å². The number of hydrogen-bond acceptors (Lipinski definition) is 5. The molecule has 6 nitrogen and oxygen atoms in total. The fourth-order valence-corrected chi connectivity index (χ4v) is 2.10. The second kappa shape index (κ2) is 4.40. The lowest BCUT2D eigenvalue weighted by atomic mass is 10.1. The van der Waals surface area contributed by atoms with Gasteiger partial charge in [0.25, 0.3) is 0 Å². The van der Waals surface area contributed by atoms with Crippen LogP contribution in [-0.2, 0) is 6.54 Å². The van der Waals surface area contributed by atoms with Crippen molar-refractivity contribution in [1.82, 2.24) is 15.1 Å². The van der Waals surface area contributed by atoms with E-state index in [-0.39, 0.29) is 6.54 Å². The summed E-state index contributed by atoms with van der Waals surface area (Å²) in [4.78, 5) is 7.50. The minimum atomic E-state index is 0.221. The lowest BCUT2D eigenvalue weighted by Gasteiger charge is -2.05. The maximum absolute atomic E-state index is 5.47. The molecule has 3 N–H and O–H groups in total. The summed E-state index contributed by atoms with van der Waals surface area (Å²) in [6.45, 7) is 2.23. The third kappa shape index (κ3) is 1.96. The van der Waals surface area contributed by atoms with E-state index in [1.807, 2.05) is 19.1 Å². The summed E-state index contributed by atoms with van der Waals surface area (Å²) in [6, 6.07) is 5.96. The zero-order valence-electron chi connectivity index (χ0n) is 10.7. The van der Waals surface area contributed by atoms with Gasteiger partial charge in [0.15, 0.2) is 0 Å². The van der Waals surface area contributed by atoms with Crippen molar-refractivity contribution in [2.24, 2.45) is 5.73 Å². The summed E-state index contributed by atoms with van der Waals surface area (Å²) < 4.78 is 10.4. The molecule has 0 spiro atoms. The summed E-state index contributed by atoms with van der Waals surface area (Å²) in [5, 5.41) is 5.00. The van der Waals surface area contributed by atoms with Crippen LogP contribution in [0.2, 0.25) is 0 Å². The van der Waals surface area contributed by atoms with Crippen LogP contribution in [0.3, 0.4) is 0 Å². The van der Waals surface area contributed by atoms with Gasteiger partial charge in [0.1, 0.15) is 5.75 Å². The van der Waals surface area contributed by atoms with Crippen LogP contribution in [-0.4, -0.2) is 22.2 Å². The number of fused-ring (bicyclic) bond motifs is 1. The smallest absolute Gasteiger partial charge is 0.240 e. The highest BCUT2D eigenvalue weighted by Crippen LogP contribution is 2.32. The SMILES string of the molecule is COc1cc2cc(C)[nH]c2cc1-c1noc(CN)n1. The third-order valence-corrected chi connectivity index (χ3v) is 2.96. The van der Waals surface area contributed by atoms with Gasteiger partial charge in [-0.1, -0.05) is 5.16 Å². The Labute approximate surface area is 109 Å². The Bertz CT molecular complexity index is 729. The second-order valence-electron chi connectivity index (χ2n) is 4.31. The van der Waals surface area contributed by atoms with E-state index < -0.39 is 0 Å². The number of ether oxygens (including phenoxy) is 1. The summed E-state index contributed by atoms with van der Waals surface area (Å²) in [6.07, 6.45) is 0. The highest BCUT2D eigenvalue weighted by atomic mass is 16.5. The van der Waals surface area contributed by atoms with E-state index in [4.69, 9.17) is 15.0 Å². The number of nitrogens with two attached hydrogens (primary N) is 1. The Morgan fingerprint density at radius 1 is 1.37 bits per heavy atom. The number of aromatic amines is 1. The van der Waals surface area contributed by atoms with E-state index in [2.05, 4.69) is 21.2 Å². The highest BCUT2D eigenvalue weighted by Gasteiger charge is 2.14. The van der Waals surface area contributed by atoms with Crippen molar-refractivity contribution < 1.29 is 9.26 Å². The maximum Gasteiger partial charge on any atom is 0.240 e. The molecule has 1 aromatic carbocycles. The first-order valence-electron chi connectivity index (χ1n) is 5.91. The molecule has 0 bridgehead atoms. The molecule has 19 heavy (non-hydrogen) atoms. The van der Waals surface area contributed by atoms with Crippen molar-refractivity contribution in [2.45, 2.75) is 13.5 Å². The van der Waals surface area contributed by atoms with Crippen LogP contribution < -0.4 is 10.5 Å². The number of H-pyrrole nitrogens is 1. The Kier molecular flexibility index (Phi) is 2.72. The summed E-state index contributed by atoms with van der Waals surface area (Å²) in [5.74, 6) is 1.59. The number of methoxy groups -OCH3 is 1. The first-order chi connectivity index (χ1) is 9.21. The molecule has 3 rings (SSSR count). The van der Waals surface area contributed by atoms with Crippen LogP contribution in [0.4, 0.5) is 0 Å². The lowest BCUT2D eigenvalue weighted by Crippen LogP contribution is -1.96. The van der Waals surface area contributed by atoms with Crippen LogP contribution >= 0.6 is 0 Å². The van der Waals surface area contributed by atoms with Crippen molar-refractivity contribution in [1.29, 1.82) is 0 Å². The van der Waals surface area contributed by atoms with E-state index >= 15 is 0 Å². The van der Waals surface area contributed by atoms with E-state index in [9.17, 15) is 0 Å². The summed E-state index contributed by atoms with van der Waals surface area (Å²) in [7, 11) is 1.62. The topological polar surface area (TPSA) is 90.0 Å². The van der Waals surface area contributed by atoms with Gasteiger partial charge in [-0.25, -0.2) is 0 Å². The molecule has 0 radical (unpaired) electrons. The van der Waals surface area contributed by atoms with E-state index in [0.717, 1.165) is 22.2 Å². The number of aromatic nitrogens is 3. The molecular weight excluding hydrogens is 244 g/mol. The number of rotatable bonds is 3. The van der Waals surface area contributed by atoms with Gasteiger partial charge >= 0.3 is 0 Å². The van der Waals surface area contributed by atoms with E-state index in [0.29, 0.717) is 17.5 Å². The van der Waals surface area contributed by atoms with E-state index in [1.165, 1.54) is 0 Å². The quantitative estimate of drug-likeness (QED) is 0.749. The molecular formula is C13H14N4O2. The van der Waals surface area contributed by atoms with E-state index in [1.54, 1.807) is 7.11 Å².